The summed E-state index contributed by atoms with van der Waals surface area (Å²) in [7, 11) is 0. The van der Waals surface area contributed by atoms with Crippen LogP contribution >= 0.6 is 11.8 Å². The van der Waals surface area contributed by atoms with Crippen LogP contribution in [-0.4, -0.2) is 11.3 Å². The van der Waals surface area contributed by atoms with Gasteiger partial charge in [0.2, 0.25) is 0 Å². The third-order valence-electron chi connectivity index (χ3n) is 3.74. The van der Waals surface area contributed by atoms with Crippen molar-refractivity contribution in [3.05, 3.63) is 18.1 Å². The molecule has 0 radical (unpaired) electrons. The van der Waals surface area contributed by atoms with E-state index < -0.39 is 0 Å². The van der Waals surface area contributed by atoms with E-state index in [-0.39, 0.29) is 0 Å². The van der Waals surface area contributed by atoms with Crippen LogP contribution in [0.25, 0.3) is 0 Å². The molecule has 2 rings (SSSR count). The zero-order chi connectivity index (χ0) is 12.3. The second-order valence-electron chi connectivity index (χ2n) is 5.13. The summed E-state index contributed by atoms with van der Waals surface area (Å²) in [5.74, 6) is 1.91. The Labute approximate surface area is 108 Å². The Morgan fingerprint density at radius 2 is 2.29 bits per heavy atom. The minimum Gasteiger partial charge on any atom is -0.468 e. The molecule has 2 N–H and O–H groups in total. The molecule has 3 heteroatoms. The number of thioether (sulfide) groups is 1. The van der Waals surface area contributed by atoms with Gasteiger partial charge >= 0.3 is 0 Å². The van der Waals surface area contributed by atoms with Gasteiger partial charge in [-0.05, 0) is 38.2 Å². The predicted octanol–water partition coefficient (Wildman–Crippen LogP) is 3.98. The van der Waals surface area contributed by atoms with E-state index in [1.165, 1.54) is 37.0 Å². The second kappa shape index (κ2) is 5.96. The minimum atomic E-state index is 0.349. The average Bonchev–Trinajstić information content (AvgIpc) is 2.70. The summed E-state index contributed by atoms with van der Waals surface area (Å²) < 4.78 is 5.35. The summed E-state index contributed by atoms with van der Waals surface area (Å²) in [5, 5.41) is 0.566. The Morgan fingerprint density at radius 3 is 2.94 bits per heavy atom. The molecule has 17 heavy (non-hydrogen) atoms. The van der Waals surface area contributed by atoms with Gasteiger partial charge in [0.15, 0.2) is 0 Å². The van der Waals surface area contributed by atoms with Crippen molar-refractivity contribution < 1.29 is 4.42 Å². The van der Waals surface area contributed by atoms with Gasteiger partial charge in [-0.15, -0.1) is 11.8 Å². The van der Waals surface area contributed by atoms with Crippen LogP contribution in [0.15, 0.2) is 21.6 Å². The molecule has 1 heterocycles. The minimum absolute atomic E-state index is 0.349. The zero-order valence-electron chi connectivity index (χ0n) is 10.8. The molecule has 0 amide bonds. The van der Waals surface area contributed by atoms with Gasteiger partial charge in [-0.3, -0.25) is 0 Å². The SMILES string of the molecule is CCCC1CCC(N)C(Sc2ccoc2C)C1. The summed E-state index contributed by atoms with van der Waals surface area (Å²) in [5.41, 5.74) is 6.25. The fraction of sp³-hybridized carbons (Fsp3) is 0.714. The molecule has 0 spiro atoms. The van der Waals surface area contributed by atoms with Crippen LogP contribution in [0.2, 0.25) is 0 Å². The maximum atomic E-state index is 6.25. The molecule has 0 aliphatic heterocycles. The molecule has 1 aliphatic carbocycles. The molecule has 0 bridgehead atoms. The van der Waals surface area contributed by atoms with Crippen LogP contribution in [0, 0.1) is 12.8 Å². The van der Waals surface area contributed by atoms with E-state index in [0.717, 1.165) is 11.7 Å². The normalized spacial score (nSPS) is 29.5. The number of rotatable bonds is 4. The number of furan rings is 1. The van der Waals surface area contributed by atoms with Crippen LogP contribution in [0.1, 0.15) is 44.8 Å². The highest BCUT2D eigenvalue weighted by atomic mass is 32.2. The van der Waals surface area contributed by atoms with Crippen molar-refractivity contribution in [1.29, 1.82) is 0 Å². The first kappa shape index (κ1) is 13.0. The van der Waals surface area contributed by atoms with Crippen molar-refractivity contribution >= 4 is 11.8 Å². The lowest BCUT2D eigenvalue weighted by Crippen LogP contribution is -2.38. The van der Waals surface area contributed by atoms with E-state index in [1.54, 1.807) is 6.26 Å². The lowest BCUT2D eigenvalue weighted by Gasteiger charge is -2.33. The van der Waals surface area contributed by atoms with Crippen LogP contribution in [0.5, 0.6) is 0 Å². The molecule has 96 valence electrons. The highest BCUT2D eigenvalue weighted by molar-refractivity contribution is 8.00. The van der Waals surface area contributed by atoms with E-state index in [2.05, 4.69) is 13.0 Å². The maximum Gasteiger partial charge on any atom is 0.114 e. The molecule has 1 saturated carbocycles. The summed E-state index contributed by atoms with van der Waals surface area (Å²) in [6.45, 7) is 4.30. The highest BCUT2D eigenvalue weighted by Gasteiger charge is 2.29. The van der Waals surface area contributed by atoms with E-state index in [1.807, 2.05) is 18.7 Å². The van der Waals surface area contributed by atoms with Gasteiger partial charge in [-0.1, -0.05) is 19.8 Å². The number of nitrogens with two attached hydrogens (primary N) is 1. The van der Waals surface area contributed by atoms with Gasteiger partial charge in [0.1, 0.15) is 5.76 Å². The van der Waals surface area contributed by atoms with Gasteiger partial charge in [-0.25, -0.2) is 0 Å². The molecule has 1 aromatic heterocycles. The smallest absolute Gasteiger partial charge is 0.114 e. The van der Waals surface area contributed by atoms with Crippen LogP contribution in [0.4, 0.5) is 0 Å². The Hall–Kier alpha value is -0.410. The number of hydrogen-bond donors (Lipinski definition) is 1. The van der Waals surface area contributed by atoms with Crippen molar-refractivity contribution in [3.8, 4) is 0 Å². The third kappa shape index (κ3) is 3.29. The molecule has 1 fully saturated rings. The van der Waals surface area contributed by atoms with Crippen LogP contribution in [-0.2, 0) is 0 Å². The lowest BCUT2D eigenvalue weighted by molar-refractivity contribution is 0.317. The maximum absolute atomic E-state index is 6.25. The number of aryl methyl sites for hydroxylation is 1. The monoisotopic (exact) mass is 253 g/mol. The molecule has 1 aliphatic rings. The van der Waals surface area contributed by atoms with Gasteiger partial charge in [0.25, 0.3) is 0 Å². The highest BCUT2D eigenvalue weighted by Crippen LogP contribution is 2.38. The van der Waals surface area contributed by atoms with E-state index in [9.17, 15) is 0 Å². The van der Waals surface area contributed by atoms with Crippen LogP contribution in [0.3, 0.4) is 0 Å². The first-order chi connectivity index (χ1) is 8.20. The second-order valence-corrected chi connectivity index (χ2v) is 6.41. The van der Waals surface area contributed by atoms with Crippen LogP contribution < -0.4 is 5.73 Å². The Morgan fingerprint density at radius 1 is 1.47 bits per heavy atom. The Bertz CT molecular complexity index is 350. The molecule has 3 unspecified atom stereocenters. The lowest BCUT2D eigenvalue weighted by atomic mass is 9.83. The molecule has 1 aromatic rings. The van der Waals surface area contributed by atoms with Gasteiger partial charge in [0.05, 0.1) is 6.26 Å². The molecule has 0 saturated heterocycles. The first-order valence-corrected chi connectivity index (χ1v) is 7.55. The summed E-state index contributed by atoms with van der Waals surface area (Å²) >= 11 is 1.92. The van der Waals surface area contributed by atoms with E-state index in [0.29, 0.717) is 11.3 Å². The van der Waals surface area contributed by atoms with Crippen molar-refractivity contribution in [3.63, 3.8) is 0 Å². The van der Waals surface area contributed by atoms with Crippen molar-refractivity contribution in [2.24, 2.45) is 11.7 Å². The Kier molecular flexibility index (Phi) is 4.57. The van der Waals surface area contributed by atoms with Gasteiger partial charge in [-0.2, -0.15) is 0 Å². The van der Waals surface area contributed by atoms with E-state index >= 15 is 0 Å². The van der Waals surface area contributed by atoms with Crippen molar-refractivity contribution in [2.75, 3.05) is 0 Å². The zero-order valence-corrected chi connectivity index (χ0v) is 11.6. The quantitative estimate of drug-likeness (QED) is 0.882. The average molecular weight is 253 g/mol. The molecular formula is C14H23NOS. The van der Waals surface area contributed by atoms with E-state index in [4.69, 9.17) is 10.2 Å². The predicted molar refractivity (Wildman–Crippen MR) is 73.3 cm³/mol. The third-order valence-corrected chi connectivity index (χ3v) is 5.26. The molecular weight excluding hydrogens is 230 g/mol. The summed E-state index contributed by atoms with van der Waals surface area (Å²) in [4.78, 5) is 1.27. The molecule has 3 atom stereocenters. The molecule has 0 aromatic carbocycles. The molecule has 2 nitrogen and oxygen atoms in total. The summed E-state index contributed by atoms with van der Waals surface area (Å²) in [6, 6.07) is 2.42. The first-order valence-electron chi connectivity index (χ1n) is 6.67. The number of hydrogen-bond acceptors (Lipinski definition) is 3. The standard InChI is InChI=1S/C14H23NOS/c1-3-4-11-5-6-12(15)14(9-11)17-13-7-8-16-10(13)2/h7-8,11-12,14H,3-6,9,15H2,1-2H3. The topological polar surface area (TPSA) is 39.2 Å². The van der Waals surface area contributed by atoms with Crippen molar-refractivity contribution in [1.82, 2.24) is 0 Å². The Balaban J connectivity index is 1.96. The fourth-order valence-electron chi connectivity index (χ4n) is 2.70. The largest absolute Gasteiger partial charge is 0.468 e. The fourth-order valence-corrected chi connectivity index (χ4v) is 4.05. The van der Waals surface area contributed by atoms with Gasteiger partial charge < -0.3 is 10.2 Å². The van der Waals surface area contributed by atoms with Crippen molar-refractivity contribution in [2.45, 2.75) is 62.1 Å². The summed E-state index contributed by atoms with van der Waals surface area (Å²) in [6.07, 6.45) is 8.19. The van der Waals surface area contributed by atoms with Gasteiger partial charge in [0, 0.05) is 16.2 Å².